The van der Waals surface area contributed by atoms with Crippen molar-refractivity contribution >= 4 is 59.1 Å². The summed E-state index contributed by atoms with van der Waals surface area (Å²) < 4.78 is 31.8. The highest BCUT2D eigenvalue weighted by molar-refractivity contribution is 6.14. The number of aliphatic hydroxyl groups is 1. The minimum absolute atomic E-state index is 0.0558. The van der Waals surface area contributed by atoms with Crippen LogP contribution in [0.3, 0.4) is 0 Å². The molecule has 0 fully saturated rings. The predicted molar refractivity (Wildman–Crippen MR) is 278 cm³/mol. The Balaban J connectivity index is 1.42. The number of halogens is 2. The van der Waals surface area contributed by atoms with E-state index in [0.717, 1.165) is 40.8 Å². The number of aliphatic hydroxyl groups excluding tert-OH is 1. The van der Waals surface area contributed by atoms with Gasteiger partial charge in [0, 0.05) is 80.8 Å². The molecule has 3 heterocycles. The molecule has 5 atom stereocenters. The first-order chi connectivity index (χ1) is 36.9. The average molecular weight is 1080 g/mol. The minimum Gasteiger partial charge on any atom is -0.387 e. The van der Waals surface area contributed by atoms with E-state index in [-0.39, 0.29) is 43.7 Å². The van der Waals surface area contributed by atoms with Gasteiger partial charge in [-0.1, -0.05) is 51.1 Å². The van der Waals surface area contributed by atoms with Crippen molar-refractivity contribution in [3.63, 3.8) is 0 Å². The highest BCUT2D eigenvalue weighted by Gasteiger charge is 2.39. The number of nitrogens with two attached hydrogens (primary N) is 1. The van der Waals surface area contributed by atoms with E-state index < -0.39 is 132 Å². The molecule has 1 aliphatic rings. The van der Waals surface area contributed by atoms with Gasteiger partial charge >= 0.3 is 0 Å². The van der Waals surface area contributed by atoms with Gasteiger partial charge < -0.3 is 51.8 Å². The van der Waals surface area contributed by atoms with Crippen LogP contribution in [0.4, 0.5) is 8.78 Å². The molecule has 0 saturated heterocycles. The van der Waals surface area contributed by atoms with Crippen LogP contribution in [0.15, 0.2) is 97.5 Å². The van der Waals surface area contributed by atoms with Crippen molar-refractivity contribution in [2.24, 2.45) is 11.1 Å². The molecule has 8 N–H and O–H groups in total. The molecular formula is C54H65F2N11O11. The van der Waals surface area contributed by atoms with Gasteiger partial charge in [-0.15, -0.1) is 0 Å². The summed E-state index contributed by atoms with van der Waals surface area (Å²) in [6.45, 7) is 5.81. The number of amides is 10. The van der Waals surface area contributed by atoms with E-state index in [2.05, 4.69) is 31.6 Å². The SMILES string of the molecule is C[C@H](NC(=O)Cc1ccncc1)C(=O)N(C)[C@@H](C)C(=O)N[C@@H](CC(N)=O)C(=O)N[C@@H](CCN(C(=O)CO)[C@@H](c1cc(-c2cc(F)ccc2F)cn1Cc1ccccc1)C(C)(C)C)C(=O)NCCNC(=O)CN1C(=O)C=CC1=O. The monoisotopic (exact) mass is 1080 g/mol. The minimum atomic E-state index is -1.75. The third kappa shape index (κ3) is 16.7. The number of nitrogens with one attached hydrogen (secondary N) is 5. The Hall–Kier alpha value is -8.67. The molecule has 24 heteroatoms. The first-order valence-corrected chi connectivity index (χ1v) is 24.9. The average Bonchev–Trinajstić information content (AvgIpc) is 3.96. The van der Waals surface area contributed by atoms with Crippen LogP contribution < -0.4 is 32.3 Å². The van der Waals surface area contributed by atoms with Crippen molar-refractivity contribution in [1.82, 2.24) is 50.8 Å². The molecule has 10 amide bonds. The zero-order chi connectivity index (χ0) is 57.4. The van der Waals surface area contributed by atoms with Crippen molar-refractivity contribution in [2.75, 3.05) is 39.8 Å². The molecule has 0 aliphatic carbocycles. The van der Waals surface area contributed by atoms with Gasteiger partial charge in [-0.2, -0.15) is 0 Å². The molecule has 0 saturated carbocycles. The van der Waals surface area contributed by atoms with Crippen molar-refractivity contribution < 1.29 is 61.8 Å². The van der Waals surface area contributed by atoms with E-state index >= 15 is 4.39 Å². The van der Waals surface area contributed by atoms with Crippen LogP contribution in [0.5, 0.6) is 0 Å². The molecule has 0 unspecified atom stereocenters. The van der Waals surface area contributed by atoms with E-state index in [1.807, 2.05) is 30.3 Å². The second-order valence-corrected chi connectivity index (χ2v) is 19.7. The summed E-state index contributed by atoms with van der Waals surface area (Å²) in [5.74, 6) is -9.51. The van der Waals surface area contributed by atoms with E-state index in [1.54, 1.807) is 49.7 Å². The molecule has 2 aromatic heterocycles. The first kappa shape index (κ1) is 60.2. The number of carbonyl (C=O) groups is 10. The number of hydrogen-bond acceptors (Lipinski definition) is 12. The number of imide groups is 1. The van der Waals surface area contributed by atoms with Crippen molar-refractivity contribution in [3.05, 3.63) is 126 Å². The summed E-state index contributed by atoms with van der Waals surface area (Å²) >= 11 is 0. The van der Waals surface area contributed by atoms with Crippen molar-refractivity contribution in [1.29, 1.82) is 0 Å². The Morgan fingerprint density at radius 1 is 0.782 bits per heavy atom. The zero-order valence-corrected chi connectivity index (χ0v) is 44.1. The lowest BCUT2D eigenvalue weighted by atomic mass is 9.82. The molecule has 5 rings (SSSR count). The van der Waals surface area contributed by atoms with Crippen LogP contribution in [0, 0.1) is 17.0 Å². The van der Waals surface area contributed by atoms with Gasteiger partial charge in [-0.25, -0.2) is 8.78 Å². The molecule has 0 spiro atoms. The number of pyridine rings is 1. The quantitative estimate of drug-likeness (QED) is 0.0339. The highest BCUT2D eigenvalue weighted by atomic mass is 19.1. The summed E-state index contributed by atoms with van der Waals surface area (Å²) in [4.78, 5) is 138. The Labute approximate surface area is 449 Å². The van der Waals surface area contributed by atoms with Crippen molar-refractivity contribution in [2.45, 2.75) is 90.6 Å². The lowest BCUT2D eigenvalue weighted by Gasteiger charge is -2.41. The van der Waals surface area contributed by atoms with Crippen molar-refractivity contribution in [3.8, 4) is 11.1 Å². The van der Waals surface area contributed by atoms with E-state index in [4.69, 9.17) is 5.73 Å². The second-order valence-electron chi connectivity index (χ2n) is 19.7. The number of hydrogen-bond donors (Lipinski definition) is 7. The summed E-state index contributed by atoms with van der Waals surface area (Å²) in [5, 5.41) is 23.1. The van der Waals surface area contributed by atoms with Crippen LogP contribution in [0.2, 0.25) is 0 Å². The number of aromatic nitrogens is 2. The number of rotatable bonds is 26. The third-order valence-corrected chi connectivity index (χ3v) is 12.7. The van der Waals surface area contributed by atoms with Gasteiger partial charge in [-0.05, 0) is 73.2 Å². The maximum Gasteiger partial charge on any atom is 0.254 e. The van der Waals surface area contributed by atoms with Gasteiger partial charge in [0.1, 0.15) is 49.0 Å². The highest BCUT2D eigenvalue weighted by Crippen LogP contribution is 2.41. The Kier molecular flexibility index (Phi) is 21.1. The van der Waals surface area contributed by atoms with Crippen LogP contribution in [-0.2, 0) is 60.9 Å². The summed E-state index contributed by atoms with van der Waals surface area (Å²) in [6.07, 6.45) is 5.38. The fraction of sp³-hybridized carbons (Fsp3) is 0.389. The maximum absolute atomic E-state index is 15.4. The molecule has 78 heavy (non-hydrogen) atoms. The Bertz CT molecular complexity index is 2880. The van der Waals surface area contributed by atoms with Crippen LogP contribution in [0.1, 0.15) is 70.3 Å². The number of primary amides is 1. The number of carbonyl (C=O) groups excluding carboxylic acids is 10. The first-order valence-electron chi connectivity index (χ1n) is 24.9. The lowest BCUT2D eigenvalue weighted by Crippen LogP contribution is -2.58. The largest absolute Gasteiger partial charge is 0.387 e. The standard InChI is InChI=1S/C54H65F2N11O11/c1-32(61-44(70)24-34-16-19-58-20-17-34)53(78)64(6)33(2)50(75)63-41(27-43(57)69)52(77)62-40(51(76)60-22-21-59-45(71)30-67-46(72)14-15-47(67)73)18-23-66(48(74)31-68)49(54(3,4)5)42-25-36(38-26-37(55)12-13-39(38)56)29-65(42)28-35-10-8-7-9-11-35/h7-17,19-20,25-26,29,32-33,40-41,49,68H,18,21-24,27-28,30-31H2,1-6H3,(H2,57,69)(H,59,71)(H,60,76)(H,61,70)(H,62,77)(H,63,75)/t32-,33-,40-,41-,49-/m0/s1. The lowest BCUT2D eigenvalue weighted by molar-refractivity contribution is -0.142. The summed E-state index contributed by atoms with van der Waals surface area (Å²) in [5.41, 5.74) is 6.70. The van der Waals surface area contributed by atoms with E-state index in [9.17, 15) is 57.4 Å². The van der Waals surface area contributed by atoms with Gasteiger partial charge in [0.2, 0.25) is 47.3 Å². The fourth-order valence-electron chi connectivity index (χ4n) is 8.62. The zero-order valence-electron chi connectivity index (χ0n) is 44.1. The normalized spacial score (nSPS) is 14.1. The third-order valence-electron chi connectivity index (χ3n) is 12.7. The molecule has 416 valence electrons. The van der Waals surface area contributed by atoms with Gasteiger partial charge in [0.25, 0.3) is 11.8 Å². The molecule has 22 nitrogen and oxygen atoms in total. The van der Waals surface area contributed by atoms with E-state index in [0.29, 0.717) is 16.2 Å². The van der Waals surface area contributed by atoms with E-state index in [1.165, 1.54) is 38.2 Å². The summed E-state index contributed by atoms with van der Waals surface area (Å²) in [7, 11) is 1.29. The molecule has 0 radical (unpaired) electrons. The van der Waals surface area contributed by atoms with Gasteiger partial charge in [0.15, 0.2) is 0 Å². The number of nitrogens with zero attached hydrogens (tertiary/aromatic N) is 5. The molecule has 4 aromatic rings. The van der Waals surface area contributed by atoms with Gasteiger partial charge in [-0.3, -0.25) is 57.8 Å². The maximum atomic E-state index is 15.4. The second kappa shape index (κ2) is 27.4. The molecule has 2 aromatic carbocycles. The number of likely N-dealkylation sites (N-methyl/N-ethyl adjacent to an activating group) is 1. The van der Waals surface area contributed by atoms with Gasteiger partial charge in [0.05, 0.1) is 18.9 Å². The molecule has 1 aliphatic heterocycles. The Morgan fingerprint density at radius 3 is 2.05 bits per heavy atom. The van der Waals surface area contributed by atoms with Crippen LogP contribution in [0.25, 0.3) is 11.1 Å². The smallest absolute Gasteiger partial charge is 0.254 e. The summed E-state index contributed by atoms with van der Waals surface area (Å²) in [6, 6.07) is 10.3. The fourth-order valence-corrected chi connectivity index (χ4v) is 8.62. The Morgan fingerprint density at radius 2 is 1.42 bits per heavy atom. The van der Waals surface area contributed by atoms with Crippen LogP contribution >= 0.6 is 0 Å². The topological polar surface area (TPSA) is 305 Å². The number of benzene rings is 2. The van der Waals surface area contributed by atoms with Crippen LogP contribution in [-0.4, -0.2) is 152 Å². The molecule has 0 bridgehead atoms. The molecular weight excluding hydrogens is 1020 g/mol. The predicted octanol–water partition coefficient (Wildman–Crippen LogP) is 0.772.